The molecule has 0 unspecified atom stereocenters. The van der Waals surface area contributed by atoms with Gasteiger partial charge < -0.3 is 24.9 Å². The van der Waals surface area contributed by atoms with E-state index in [1.54, 1.807) is 13.2 Å². The normalized spacial score (nSPS) is 17.7. The Morgan fingerprint density at radius 3 is 2.59 bits per heavy atom. The summed E-state index contributed by atoms with van der Waals surface area (Å²) >= 11 is 0. The molecule has 0 bridgehead atoms. The Morgan fingerprint density at radius 1 is 1.22 bits per heavy atom. The van der Waals surface area contributed by atoms with Gasteiger partial charge in [-0.15, -0.1) is 0 Å². The number of aromatic amines is 1. The molecular weight excluding hydrogens is 350 g/mol. The number of carbonyl (C=O) groups excluding carboxylic acids is 1. The van der Waals surface area contributed by atoms with E-state index in [1.165, 1.54) is 14.2 Å². The molecule has 1 aromatic carbocycles. The number of nitrogens with two attached hydrogens (primary N) is 1. The van der Waals surface area contributed by atoms with E-state index in [1.807, 2.05) is 6.07 Å². The summed E-state index contributed by atoms with van der Waals surface area (Å²) in [5.41, 5.74) is 6.47. The van der Waals surface area contributed by atoms with E-state index in [0.717, 1.165) is 24.8 Å². The van der Waals surface area contributed by atoms with Crippen molar-refractivity contribution in [2.24, 2.45) is 11.7 Å². The lowest BCUT2D eigenvalue weighted by molar-refractivity contribution is -0.123. The molecule has 0 radical (unpaired) electrons. The summed E-state index contributed by atoms with van der Waals surface area (Å²) < 4.78 is 16.3. The molecule has 3 rings (SSSR count). The van der Waals surface area contributed by atoms with Gasteiger partial charge in [0.15, 0.2) is 11.5 Å². The van der Waals surface area contributed by atoms with Gasteiger partial charge in [0.1, 0.15) is 0 Å². The average molecular weight is 375 g/mol. The Balaban J connectivity index is 2.00. The first-order chi connectivity index (χ1) is 13.0. The molecule has 3 N–H and O–H groups in total. The van der Waals surface area contributed by atoms with Crippen LogP contribution >= 0.6 is 0 Å². The number of likely N-dealkylation sites (tertiary alicyclic amines) is 1. The number of H-pyrrole nitrogens is 1. The van der Waals surface area contributed by atoms with Crippen molar-refractivity contribution in [3.63, 3.8) is 0 Å². The Hall–Kier alpha value is -2.74. The zero-order valence-corrected chi connectivity index (χ0v) is 15.8. The van der Waals surface area contributed by atoms with Crippen molar-refractivity contribution in [3.05, 3.63) is 28.0 Å². The third-order valence-electron chi connectivity index (χ3n) is 5.03. The summed E-state index contributed by atoms with van der Waals surface area (Å²) in [6.45, 7) is 1.83. The molecule has 1 aromatic heterocycles. The zero-order valence-electron chi connectivity index (χ0n) is 15.8. The molecule has 0 aliphatic carbocycles. The summed E-state index contributed by atoms with van der Waals surface area (Å²) in [4.78, 5) is 29.1. The molecule has 1 fully saturated rings. The van der Waals surface area contributed by atoms with Crippen LogP contribution in [0, 0.1) is 5.92 Å². The monoisotopic (exact) mass is 375 g/mol. The third kappa shape index (κ3) is 3.71. The van der Waals surface area contributed by atoms with Gasteiger partial charge in [-0.1, -0.05) is 0 Å². The van der Waals surface area contributed by atoms with Crippen LogP contribution in [0.15, 0.2) is 16.9 Å². The van der Waals surface area contributed by atoms with E-state index < -0.39 is 0 Å². The number of pyridine rings is 1. The number of hydrogen-bond acceptors (Lipinski definition) is 6. The minimum Gasteiger partial charge on any atom is -0.493 e. The van der Waals surface area contributed by atoms with Crippen LogP contribution in [-0.4, -0.2) is 50.2 Å². The van der Waals surface area contributed by atoms with Gasteiger partial charge in [0, 0.05) is 30.1 Å². The predicted molar refractivity (Wildman–Crippen MR) is 101 cm³/mol. The van der Waals surface area contributed by atoms with Crippen LogP contribution < -0.4 is 25.5 Å². The molecule has 1 saturated heterocycles. The molecule has 1 atom stereocenters. The van der Waals surface area contributed by atoms with Crippen LogP contribution in [0.2, 0.25) is 0 Å². The number of ether oxygens (including phenoxy) is 3. The fourth-order valence-corrected chi connectivity index (χ4v) is 3.66. The number of hydrogen-bond donors (Lipinski definition) is 2. The molecule has 2 aromatic rings. The molecular formula is C19H25N3O5. The molecule has 1 aliphatic rings. The fourth-order valence-electron chi connectivity index (χ4n) is 3.66. The van der Waals surface area contributed by atoms with Crippen LogP contribution in [0.5, 0.6) is 17.2 Å². The second-order valence-electron chi connectivity index (χ2n) is 6.71. The highest BCUT2D eigenvalue weighted by Gasteiger charge is 2.25. The molecule has 27 heavy (non-hydrogen) atoms. The molecule has 0 spiro atoms. The highest BCUT2D eigenvalue weighted by Crippen LogP contribution is 2.42. The van der Waals surface area contributed by atoms with Crippen LogP contribution in [0.25, 0.3) is 10.9 Å². The fraction of sp³-hybridized carbons (Fsp3) is 0.474. The molecule has 1 amide bonds. The summed E-state index contributed by atoms with van der Waals surface area (Å²) in [7, 11) is 4.61. The largest absolute Gasteiger partial charge is 0.493 e. The molecule has 146 valence electrons. The summed E-state index contributed by atoms with van der Waals surface area (Å²) in [5, 5.41) is 0.730. The Bertz CT molecular complexity index is 908. The Labute approximate surface area is 157 Å². The smallest absolute Gasteiger partial charge is 0.252 e. The quantitative estimate of drug-likeness (QED) is 0.787. The van der Waals surface area contributed by atoms with E-state index in [0.29, 0.717) is 41.4 Å². The van der Waals surface area contributed by atoms with E-state index in [9.17, 15) is 9.59 Å². The van der Waals surface area contributed by atoms with Crippen molar-refractivity contribution in [1.82, 2.24) is 9.88 Å². The van der Waals surface area contributed by atoms with Crippen molar-refractivity contribution in [2.75, 3.05) is 34.4 Å². The second-order valence-corrected chi connectivity index (χ2v) is 6.71. The first-order valence-electron chi connectivity index (χ1n) is 8.85. The lowest BCUT2D eigenvalue weighted by Crippen LogP contribution is -2.41. The van der Waals surface area contributed by atoms with Crippen LogP contribution in [-0.2, 0) is 11.3 Å². The van der Waals surface area contributed by atoms with E-state index in [2.05, 4.69) is 9.88 Å². The maximum atomic E-state index is 12.6. The van der Waals surface area contributed by atoms with Crippen LogP contribution in [0.4, 0.5) is 0 Å². The van der Waals surface area contributed by atoms with Crippen molar-refractivity contribution < 1.29 is 19.0 Å². The molecule has 0 saturated carbocycles. The SMILES string of the molecule is COc1cc2[nH]c(=O)c(CN3CCC[C@H](C(N)=O)C3)cc2c(OC)c1OC. The number of amides is 1. The lowest BCUT2D eigenvalue weighted by atomic mass is 9.97. The maximum Gasteiger partial charge on any atom is 0.252 e. The summed E-state index contributed by atoms with van der Waals surface area (Å²) in [5.74, 6) is 0.989. The highest BCUT2D eigenvalue weighted by atomic mass is 16.5. The number of fused-ring (bicyclic) bond motifs is 1. The van der Waals surface area contributed by atoms with Gasteiger partial charge in [0.25, 0.3) is 5.56 Å². The number of carbonyl (C=O) groups is 1. The van der Waals surface area contributed by atoms with Crippen molar-refractivity contribution in [2.45, 2.75) is 19.4 Å². The van der Waals surface area contributed by atoms with Gasteiger partial charge >= 0.3 is 0 Å². The Morgan fingerprint density at radius 2 is 1.96 bits per heavy atom. The van der Waals surface area contributed by atoms with Gasteiger partial charge in [-0.3, -0.25) is 14.5 Å². The number of piperidine rings is 1. The molecule has 8 heteroatoms. The standard InChI is InChI=1S/C19H25N3O5/c1-25-15-8-14-13(16(26-2)17(15)27-3)7-12(19(24)21-14)10-22-6-4-5-11(9-22)18(20)23/h7-8,11H,4-6,9-10H2,1-3H3,(H2,20,23)(H,21,24)/t11-/m0/s1. The van der Waals surface area contributed by atoms with Crippen molar-refractivity contribution >= 4 is 16.8 Å². The molecule has 1 aliphatic heterocycles. The van der Waals surface area contributed by atoms with E-state index in [-0.39, 0.29) is 17.4 Å². The molecule has 8 nitrogen and oxygen atoms in total. The lowest BCUT2D eigenvalue weighted by Gasteiger charge is -2.30. The second kappa shape index (κ2) is 7.87. The van der Waals surface area contributed by atoms with Gasteiger partial charge in [0.2, 0.25) is 11.7 Å². The van der Waals surface area contributed by atoms with Gasteiger partial charge in [-0.2, -0.15) is 0 Å². The number of methoxy groups -OCH3 is 3. The number of aromatic nitrogens is 1. The topological polar surface area (TPSA) is 107 Å². The number of nitrogens with one attached hydrogen (secondary N) is 1. The summed E-state index contributed by atoms with van der Waals surface area (Å²) in [6, 6.07) is 3.52. The number of primary amides is 1. The minimum atomic E-state index is -0.286. The first kappa shape index (κ1) is 19.0. The van der Waals surface area contributed by atoms with Crippen molar-refractivity contribution in [3.8, 4) is 17.2 Å². The van der Waals surface area contributed by atoms with Crippen LogP contribution in [0.1, 0.15) is 18.4 Å². The average Bonchev–Trinajstić information content (AvgIpc) is 2.67. The number of nitrogens with zero attached hydrogens (tertiary/aromatic N) is 1. The van der Waals surface area contributed by atoms with Crippen molar-refractivity contribution in [1.29, 1.82) is 0 Å². The van der Waals surface area contributed by atoms with Gasteiger partial charge in [0.05, 0.1) is 32.8 Å². The number of rotatable bonds is 6. The highest BCUT2D eigenvalue weighted by molar-refractivity contribution is 5.90. The van der Waals surface area contributed by atoms with E-state index >= 15 is 0 Å². The minimum absolute atomic E-state index is 0.169. The maximum absolute atomic E-state index is 12.6. The predicted octanol–water partition coefficient (Wildman–Crippen LogP) is 1.25. The van der Waals surface area contributed by atoms with Crippen LogP contribution in [0.3, 0.4) is 0 Å². The zero-order chi connectivity index (χ0) is 19.6. The third-order valence-corrected chi connectivity index (χ3v) is 5.03. The van der Waals surface area contributed by atoms with Gasteiger partial charge in [-0.25, -0.2) is 0 Å². The Kier molecular flexibility index (Phi) is 5.55. The van der Waals surface area contributed by atoms with Gasteiger partial charge in [-0.05, 0) is 25.5 Å². The molecule has 2 heterocycles. The number of benzene rings is 1. The first-order valence-corrected chi connectivity index (χ1v) is 8.85. The summed E-state index contributed by atoms with van der Waals surface area (Å²) in [6.07, 6.45) is 1.68. The van der Waals surface area contributed by atoms with E-state index in [4.69, 9.17) is 19.9 Å².